The molecule has 0 radical (unpaired) electrons. The van der Waals surface area contributed by atoms with Crippen LogP contribution in [0.5, 0.6) is 11.5 Å². The van der Waals surface area contributed by atoms with E-state index in [2.05, 4.69) is 24.4 Å². The summed E-state index contributed by atoms with van der Waals surface area (Å²) in [6, 6.07) is 4.93. The number of hydrogen-bond acceptors (Lipinski definition) is 3. The predicted octanol–water partition coefficient (Wildman–Crippen LogP) is 2.41. The van der Waals surface area contributed by atoms with Crippen molar-refractivity contribution >= 4 is 0 Å². The summed E-state index contributed by atoms with van der Waals surface area (Å²) in [5, 5.41) is 3.59. The maximum absolute atomic E-state index is 5.61. The number of fused-ring (bicyclic) bond motifs is 1. The zero-order valence-corrected chi connectivity index (χ0v) is 10.3. The van der Waals surface area contributed by atoms with E-state index in [-0.39, 0.29) is 0 Å². The van der Waals surface area contributed by atoms with Gasteiger partial charge < -0.3 is 14.8 Å². The summed E-state index contributed by atoms with van der Waals surface area (Å²) in [7, 11) is 0. The summed E-state index contributed by atoms with van der Waals surface area (Å²) in [6.45, 7) is 4.39. The third kappa shape index (κ3) is 2.25. The first-order chi connectivity index (χ1) is 8.33. The van der Waals surface area contributed by atoms with Crippen LogP contribution in [0, 0.1) is 6.92 Å². The van der Waals surface area contributed by atoms with Gasteiger partial charge in [0.2, 0.25) is 0 Å². The molecule has 1 aromatic carbocycles. The highest BCUT2D eigenvalue weighted by Gasteiger charge is 2.18. The molecular weight excluding hydrogens is 214 g/mol. The van der Waals surface area contributed by atoms with Gasteiger partial charge >= 0.3 is 0 Å². The third-order valence-electron chi connectivity index (χ3n) is 3.69. The first kappa shape index (κ1) is 10.9. The lowest BCUT2D eigenvalue weighted by Gasteiger charge is -2.27. The van der Waals surface area contributed by atoms with Crippen LogP contribution in [0.1, 0.15) is 30.4 Å². The van der Waals surface area contributed by atoms with E-state index in [1.807, 2.05) is 0 Å². The highest BCUT2D eigenvalue weighted by Crippen LogP contribution is 2.33. The highest BCUT2D eigenvalue weighted by atomic mass is 16.6. The first-order valence-electron chi connectivity index (χ1n) is 6.45. The lowest BCUT2D eigenvalue weighted by molar-refractivity contribution is 0.171. The third-order valence-corrected chi connectivity index (χ3v) is 3.69. The molecule has 0 aromatic heterocycles. The summed E-state index contributed by atoms with van der Waals surface area (Å²) in [4.78, 5) is 0. The number of rotatable bonds is 3. The molecule has 1 aliphatic heterocycles. The Morgan fingerprint density at radius 2 is 1.88 bits per heavy atom. The monoisotopic (exact) mass is 233 g/mol. The van der Waals surface area contributed by atoms with Crippen molar-refractivity contribution in [2.75, 3.05) is 13.2 Å². The van der Waals surface area contributed by atoms with Crippen molar-refractivity contribution in [3.63, 3.8) is 0 Å². The second-order valence-corrected chi connectivity index (χ2v) is 4.93. The molecule has 1 saturated carbocycles. The molecule has 3 nitrogen and oxygen atoms in total. The summed E-state index contributed by atoms with van der Waals surface area (Å²) < 4.78 is 11.2. The Morgan fingerprint density at radius 3 is 2.53 bits per heavy atom. The van der Waals surface area contributed by atoms with Crippen LogP contribution in [0.2, 0.25) is 0 Å². The van der Waals surface area contributed by atoms with E-state index in [1.165, 1.54) is 30.4 Å². The first-order valence-corrected chi connectivity index (χ1v) is 6.45. The van der Waals surface area contributed by atoms with E-state index >= 15 is 0 Å². The van der Waals surface area contributed by atoms with Crippen molar-refractivity contribution in [2.45, 2.75) is 38.8 Å². The minimum Gasteiger partial charge on any atom is -0.486 e. The van der Waals surface area contributed by atoms with Gasteiger partial charge in [-0.3, -0.25) is 0 Å². The van der Waals surface area contributed by atoms with Gasteiger partial charge in [0.15, 0.2) is 11.5 Å². The zero-order chi connectivity index (χ0) is 11.7. The van der Waals surface area contributed by atoms with Gasteiger partial charge in [0, 0.05) is 12.6 Å². The molecule has 3 heteroatoms. The minimum absolute atomic E-state index is 0.658. The molecule has 0 saturated heterocycles. The van der Waals surface area contributed by atoms with E-state index in [0.717, 1.165) is 24.1 Å². The largest absolute Gasteiger partial charge is 0.486 e. The van der Waals surface area contributed by atoms with Crippen LogP contribution in [0.4, 0.5) is 0 Å². The molecule has 3 rings (SSSR count). The molecule has 0 unspecified atom stereocenters. The van der Waals surface area contributed by atoms with Gasteiger partial charge in [-0.25, -0.2) is 0 Å². The van der Waals surface area contributed by atoms with Crippen molar-refractivity contribution in [3.05, 3.63) is 23.3 Å². The van der Waals surface area contributed by atoms with Crippen LogP contribution < -0.4 is 14.8 Å². The molecule has 1 heterocycles. The molecular formula is C14H19NO2. The topological polar surface area (TPSA) is 30.5 Å². The molecule has 1 aromatic rings. The number of benzene rings is 1. The number of nitrogens with one attached hydrogen (secondary N) is 1. The Morgan fingerprint density at radius 1 is 1.18 bits per heavy atom. The average molecular weight is 233 g/mol. The molecule has 1 N–H and O–H groups in total. The summed E-state index contributed by atoms with van der Waals surface area (Å²) in [5.74, 6) is 1.79. The van der Waals surface area contributed by atoms with Crippen molar-refractivity contribution < 1.29 is 9.47 Å². The lowest BCUT2D eigenvalue weighted by Crippen LogP contribution is -2.34. The van der Waals surface area contributed by atoms with Crippen LogP contribution in [-0.4, -0.2) is 19.3 Å². The Kier molecular flexibility index (Phi) is 2.93. The molecule has 0 atom stereocenters. The molecule has 2 aliphatic rings. The second kappa shape index (κ2) is 4.57. The highest BCUT2D eigenvalue weighted by molar-refractivity contribution is 5.47. The smallest absolute Gasteiger partial charge is 0.161 e. The van der Waals surface area contributed by atoms with Crippen LogP contribution in [0.25, 0.3) is 0 Å². The fourth-order valence-corrected chi connectivity index (χ4v) is 2.29. The molecule has 17 heavy (non-hydrogen) atoms. The maximum Gasteiger partial charge on any atom is 0.161 e. The van der Waals surface area contributed by atoms with Crippen molar-refractivity contribution in [3.8, 4) is 11.5 Å². The van der Waals surface area contributed by atoms with Crippen LogP contribution in [0.15, 0.2) is 12.1 Å². The summed E-state index contributed by atoms with van der Waals surface area (Å²) in [6.07, 6.45) is 4.02. The van der Waals surface area contributed by atoms with Gasteiger partial charge in [0.05, 0.1) is 0 Å². The Labute approximate surface area is 102 Å². The quantitative estimate of drug-likeness (QED) is 0.869. The van der Waals surface area contributed by atoms with E-state index in [1.54, 1.807) is 0 Å². The van der Waals surface area contributed by atoms with Crippen molar-refractivity contribution in [1.29, 1.82) is 0 Å². The fraction of sp³-hybridized carbons (Fsp3) is 0.571. The Hall–Kier alpha value is -1.22. The van der Waals surface area contributed by atoms with E-state index in [4.69, 9.17) is 9.47 Å². The normalized spacial score (nSPS) is 18.9. The number of hydrogen-bond donors (Lipinski definition) is 1. The van der Waals surface area contributed by atoms with Crippen LogP contribution in [0.3, 0.4) is 0 Å². The molecule has 1 fully saturated rings. The van der Waals surface area contributed by atoms with Crippen molar-refractivity contribution in [1.82, 2.24) is 5.32 Å². The van der Waals surface area contributed by atoms with E-state index in [9.17, 15) is 0 Å². The van der Waals surface area contributed by atoms with Gasteiger partial charge in [-0.2, -0.15) is 0 Å². The summed E-state index contributed by atoms with van der Waals surface area (Å²) >= 11 is 0. The summed E-state index contributed by atoms with van der Waals surface area (Å²) in [5.41, 5.74) is 2.60. The standard InChI is InChI=1S/C14H19NO2/c1-10-7-13-14(17-6-5-16-13)8-11(10)9-15-12-3-2-4-12/h7-8,12,15H,2-6,9H2,1H3. The lowest BCUT2D eigenvalue weighted by atomic mass is 9.93. The van der Waals surface area contributed by atoms with Crippen LogP contribution >= 0.6 is 0 Å². The van der Waals surface area contributed by atoms with Gasteiger partial charge in [-0.05, 0) is 43.0 Å². The van der Waals surface area contributed by atoms with Gasteiger partial charge in [0.1, 0.15) is 13.2 Å². The van der Waals surface area contributed by atoms with Crippen LogP contribution in [-0.2, 0) is 6.54 Å². The fourth-order valence-electron chi connectivity index (χ4n) is 2.29. The molecule has 0 spiro atoms. The second-order valence-electron chi connectivity index (χ2n) is 4.93. The zero-order valence-electron chi connectivity index (χ0n) is 10.3. The van der Waals surface area contributed by atoms with E-state index in [0.29, 0.717) is 13.2 Å². The number of aryl methyl sites for hydroxylation is 1. The molecule has 0 amide bonds. The molecule has 1 aliphatic carbocycles. The molecule has 92 valence electrons. The van der Waals surface area contributed by atoms with Gasteiger partial charge in [-0.15, -0.1) is 0 Å². The Balaban J connectivity index is 1.73. The molecule has 0 bridgehead atoms. The Bertz CT molecular complexity index is 413. The minimum atomic E-state index is 0.658. The van der Waals surface area contributed by atoms with E-state index < -0.39 is 0 Å². The van der Waals surface area contributed by atoms with Gasteiger partial charge in [-0.1, -0.05) is 6.42 Å². The average Bonchev–Trinajstić information content (AvgIpc) is 2.27. The van der Waals surface area contributed by atoms with Crippen molar-refractivity contribution in [2.24, 2.45) is 0 Å². The maximum atomic E-state index is 5.61. The number of ether oxygens (including phenoxy) is 2. The van der Waals surface area contributed by atoms with Gasteiger partial charge in [0.25, 0.3) is 0 Å². The predicted molar refractivity (Wildman–Crippen MR) is 66.6 cm³/mol. The SMILES string of the molecule is Cc1cc2c(cc1CNC1CCC1)OCCO2.